The molecule has 2 heterocycles. The number of nitrogens with zero attached hydrogens (tertiary/aromatic N) is 4. The van der Waals surface area contributed by atoms with Crippen LogP contribution in [0, 0.1) is 5.41 Å². The Hall–Kier alpha value is -0.790. The van der Waals surface area contributed by atoms with Crippen LogP contribution in [0.1, 0.15) is 27.7 Å². The number of likely N-dealkylation sites (tertiary alicyclic amines) is 1. The Bertz CT molecular complexity index is 450. The molecule has 1 aromatic heterocycles. The van der Waals surface area contributed by atoms with Gasteiger partial charge in [0.05, 0.1) is 6.33 Å². The zero-order chi connectivity index (χ0) is 14.1. The standard InChI is InChI=1S/C14H25N5.HI/c1-13(2)10-19(14(13,3)4)12(15-5)17-7-9-18-8-6-16-11-18;/h6,8,11H,7,9-10H2,1-5H3,(H,15,17);1H. The molecular weight excluding hydrogens is 365 g/mol. The zero-order valence-corrected chi connectivity index (χ0v) is 15.4. The van der Waals surface area contributed by atoms with Gasteiger partial charge in [-0.1, -0.05) is 13.8 Å². The summed E-state index contributed by atoms with van der Waals surface area (Å²) in [5, 5.41) is 3.43. The molecular formula is C14H26IN5. The maximum absolute atomic E-state index is 4.40. The van der Waals surface area contributed by atoms with E-state index in [4.69, 9.17) is 0 Å². The van der Waals surface area contributed by atoms with Crippen molar-refractivity contribution >= 4 is 29.9 Å². The smallest absolute Gasteiger partial charge is 0.194 e. The summed E-state index contributed by atoms with van der Waals surface area (Å²) in [5.41, 5.74) is 0.471. The maximum atomic E-state index is 4.40. The molecule has 0 aromatic carbocycles. The minimum Gasteiger partial charge on any atom is -0.354 e. The van der Waals surface area contributed by atoms with E-state index in [1.165, 1.54) is 0 Å². The van der Waals surface area contributed by atoms with Crippen LogP contribution >= 0.6 is 24.0 Å². The SMILES string of the molecule is CN=C(NCCn1ccnc1)N1CC(C)(C)C1(C)C.I. The summed E-state index contributed by atoms with van der Waals surface area (Å²) in [6, 6.07) is 0. The van der Waals surface area contributed by atoms with Crippen LogP contribution in [-0.4, -0.2) is 46.1 Å². The average Bonchev–Trinajstić information content (AvgIpc) is 2.85. The quantitative estimate of drug-likeness (QED) is 0.488. The number of guanidine groups is 1. The molecule has 0 aliphatic carbocycles. The van der Waals surface area contributed by atoms with E-state index in [0.29, 0.717) is 5.41 Å². The van der Waals surface area contributed by atoms with Gasteiger partial charge in [0.15, 0.2) is 5.96 Å². The number of hydrogen-bond donors (Lipinski definition) is 1. The molecule has 0 amide bonds. The molecule has 1 fully saturated rings. The van der Waals surface area contributed by atoms with Crippen molar-refractivity contribution in [2.24, 2.45) is 10.4 Å². The first-order valence-corrected chi connectivity index (χ1v) is 6.82. The number of hydrogen-bond acceptors (Lipinski definition) is 2. The first-order chi connectivity index (χ1) is 8.88. The summed E-state index contributed by atoms with van der Waals surface area (Å²) in [5.74, 6) is 0.990. The summed E-state index contributed by atoms with van der Waals surface area (Å²) in [4.78, 5) is 10.8. The van der Waals surface area contributed by atoms with Crippen LogP contribution in [-0.2, 0) is 6.54 Å². The van der Waals surface area contributed by atoms with Crippen LogP contribution in [0.2, 0.25) is 0 Å². The van der Waals surface area contributed by atoms with E-state index >= 15 is 0 Å². The van der Waals surface area contributed by atoms with Crippen LogP contribution < -0.4 is 5.32 Å². The van der Waals surface area contributed by atoms with Crippen molar-refractivity contribution in [3.8, 4) is 0 Å². The molecule has 0 saturated carbocycles. The lowest BCUT2D eigenvalue weighted by atomic mass is 9.65. The molecule has 1 aliphatic heterocycles. The first-order valence-electron chi connectivity index (χ1n) is 6.82. The third-order valence-corrected chi connectivity index (χ3v) is 4.56. The Kier molecular flexibility index (Phi) is 5.46. The predicted octanol–water partition coefficient (Wildman–Crippen LogP) is 2.20. The maximum Gasteiger partial charge on any atom is 0.194 e. The molecule has 0 radical (unpaired) electrons. The molecule has 20 heavy (non-hydrogen) atoms. The summed E-state index contributed by atoms with van der Waals surface area (Å²) < 4.78 is 2.06. The highest BCUT2D eigenvalue weighted by molar-refractivity contribution is 14.0. The predicted molar refractivity (Wildman–Crippen MR) is 93.6 cm³/mol. The summed E-state index contributed by atoms with van der Waals surface area (Å²) >= 11 is 0. The summed E-state index contributed by atoms with van der Waals surface area (Å²) in [7, 11) is 1.85. The van der Waals surface area contributed by atoms with Crippen LogP contribution in [0.25, 0.3) is 0 Å². The Morgan fingerprint density at radius 3 is 2.50 bits per heavy atom. The number of aromatic nitrogens is 2. The number of aliphatic imine (C=N–C) groups is 1. The van der Waals surface area contributed by atoms with Gasteiger partial charge < -0.3 is 14.8 Å². The van der Waals surface area contributed by atoms with E-state index in [1.807, 2.05) is 19.6 Å². The van der Waals surface area contributed by atoms with E-state index in [9.17, 15) is 0 Å². The lowest BCUT2D eigenvalue weighted by Gasteiger charge is -2.62. The number of rotatable bonds is 3. The van der Waals surface area contributed by atoms with Crippen molar-refractivity contribution < 1.29 is 0 Å². The molecule has 1 saturated heterocycles. The zero-order valence-electron chi connectivity index (χ0n) is 13.1. The summed E-state index contributed by atoms with van der Waals surface area (Å²) in [6.07, 6.45) is 5.61. The Morgan fingerprint density at radius 2 is 2.05 bits per heavy atom. The van der Waals surface area contributed by atoms with Gasteiger partial charge in [0, 0.05) is 50.0 Å². The van der Waals surface area contributed by atoms with Gasteiger partial charge in [0.2, 0.25) is 0 Å². The second kappa shape index (κ2) is 6.32. The van der Waals surface area contributed by atoms with E-state index in [1.54, 1.807) is 6.20 Å². The highest BCUT2D eigenvalue weighted by atomic mass is 127. The molecule has 5 nitrogen and oxygen atoms in total. The minimum absolute atomic E-state index is 0. The van der Waals surface area contributed by atoms with Gasteiger partial charge in [0.25, 0.3) is 0 Å². The van der Waals surface area contributed by atoms with Gasteiger partial charge in [-0.15, -0.1) is 24.0 Å². The molecule has 1 N–H and O–H groups in total. The fourth-order valence-corrected chi connectivity index (χ4v) is 2.41. The van der Waals surface area contributed by atoms with E-state index in [2.05, 4.69) is 52.5 Å². The van der Waals surface area contributed by atoms with Gasteiger partial charge in [0.1, 0.15) is 0 Å². The van der Waals surface area contributed by atoms with Gasteiger partial charge in [-0.05, 0) is 13.8 Å². The summed E-state index contributed by atoms with van der Waals surface area (Å²) in [6.45, 7) is 12.0. The second-order valence-electron chi connectivity index (χ2n) is 6.30. The lowest BCUT2D eigenvalue weighted by molar-refractivity contribution is -0.0667. The van der Waals surface area contributed by atoms with E-state index in [-0.39, 0.29) is 29.5 Å². The molecule has 2 rings (SSSR count). The Morgan fingerprint density at radius 1 is 1.35 bits per heavy atom. The molecule has 1 aliphatic rings. The normalized spacial score (nSPS) is 20.1. The molecule has 6 heteroatoms. The average molecular weight is 391 g/mol. The van der Waals surface area contributed by atoms with Crippen molar-refractivity contribution in [3.63, 3.8) is 0 Å². The number of imidazole rings is 1. The van der Waals surface area contributed by atoms with Crippen LogP contribution in [0.4, 0.5) is 0 Å². The minimum atomic E-state index is 0. The van der Waals surface area contributed by atoms with Crippen LogP contribution in [0.3, 0.4) is 0 Å². The molecule has 0 spiro atoms. The largest absolute Gasteiger partial charge is 0.354 e. The first kappa shape index (κ1) is 17.3. The van der Waals surface area contributed by atoms with E-state index in [0.717, 1.165) is 25.6 Å². The fraction of sp³-hybridized carbons (Fsp3) is 0.714. The molecule has 0 unspecified atom stereocenters. The van der Waals surface area contributed by atoms with Crippen molar-refractivity contribution in [3.05, 3.63) is 18.7 Å². The van der Waals surface area contributed by atoms with Gasteiger partial charge in [-0.2, -0.15) is 0 Å². The molecule has 1 aromatic rings. The monoisotopic (exact) mass is 391 g/mol. The highest BCUT2D eigenvalue weighted by Gasteiger charge is 2.53. The van der Waals surface area contributed by atoms with Crippen molar-refractivity contribution in [1.82, 2.24) is 19.8 Å². The topological polar surface area (TPSA) is 45.5 Å². The number of halogens is 1. The third-order valence-electron chi connectivity index (χ3n) is 4.56. The van der Waals surface area contributed by atoms with Crippen LogP contribution in [0.15, 0.2) is 23.7 Å². The molecule has 114 valence electrons. The second-order valence-corrected chi connectivity index (χ2v) is 6.30. The third kappa shape index (κ3) is 3.10. The van der Waals surface area contributed by atoms with Gasteiger partial charge >= 0.3 is 0 Å². The Labute approximate surface area is 138 Å². The van der Waals surface area contributed by atoms with E-state index < -0.39 is 0 Å². The van der Waals surface area contributed by atoms with Crippen molar-refractivity contribution in [2.45, 2.75) is 39.8 Å². The van der Waals surface area contributed by atoms with Gasteiger partial charge in [-0.25, -0.2) is 4.98 Å². The van der Waals surface area contributed by atoms with Crippen LogP contribution in [0.5, 0.6) is 0 Å². The Balaban J connectivity index is 0.00000200. The molecule has 0 bridgehead atoms. The van der Waals surface area contributed by atoms with Gasteiger partial charge in [-0.3, -0.25) is 4.99 Å². The molecule has 0 atom stereocenters. The fourth-order valence-electron chi connectivity index (χ4n) is 2.41. The lowest BCUT2D eigenvalue weighted by Crippen LogP contribution is -2.72. The highest BCUT2D eigenvalue weighted by Crippen LogP contribution is 2.46. The van der Waals surface area contributed by atoms with Crippen molar-refractivity contribution in [1.29, 1.82) is 0 Å². The number of nitrogens with one attached hydrogen (secondary N) is 1. The van der Waals surface area contributed by atoms with Crippen molar-refractivity contribution in [2.75, 3.05) is 20.1 Å².